The molecule has 2 heterocycles. The fourth-order valence-electron chi connectivity index (χ4n) is 1.93. The summed E-state index contributed by atoms with van der Waals surface area (Å²) in [6.45, 7) is 1.78. The Bertz CT molecular complexity index is 800. The lowest BCUT2D eigenvalue weighted by Crippen LogP contribution is -2.11. The number of aryl methyl sites for hydroxylation is 1. The molecule has 3 aromatic rings. The average Bonchev–Trinajstić information content (AvgIpc) is 2.92. The molecule has 1 N–H and O–H groups in total. The Labute approximate surface area is 130 Å². The highest BCUT2D eigenvalue weighted by Crippen LogP contribution is 2.27. The normalized spacial score (nSPS) is 10.5. The Kier molecular flexibility index (Phi) is 3.93. The van der Waals surface area contributed by atoms with E-state index in [0.717, 1.165) is 5.69 Å². The predicted molar refractivity (Wildman–Crippen MR) is 84.4 cm³/mol. The van der Waals surface area contributed by atoms with Gasteiger partial charge in [-0.3, -0.25) is 9.78 Å². The smallest absolute Gasteiger partial charge is 0.267 e. The highest BCUT2D eigenvalue weighted by Gasteiger charge is 2.16. The Morgan fingerprint density at radius 3 is 2.64 bits per heavy atom. The van der Waals surface area contributed by atoms with Gasteiger partial charge in [-0.05, 0) is 43.3 Å². The van der Waals surface area contributed by atoms with Crippen LogP contribution in [0.15, 0.2) is 48.7 Å². The van der Waals surface area contributed by atoms with E-state index in [4.69, 9.17) is 0 Å². The molecule has 1 amide bonds. The quantitative estimate of drug-likeness (QED) is 0.797. The maximum absolute atomic E-state index is 12.9. The number of nitrogens with one attached hydrogen (secondary N) is 1. The predicted octanol–water partition coefficient (Wildman–Crippen LogP) is 3.90. The van der Waals surface area contributed by atoms with Crippen molar-refractivity contribution in [1.29, 1.82) is 0 Å². The molecule has 0 aliphatic heterocycles. The van der Waals surface area contributed by atoms with Crippen LogP contribution in [0.1, 0.15) is 15.4 Å². The number of hydrogen-bond acceptors (Lipinski definition) is 4. The first kappa shape index (κ1) is 14.3. The summed E-state index contributed by atoms with van der Waals surface area (Å²) >= 11 is 1.28. The minimum Gasteiger partial charge on any atom is -0.321 e. The number of anilines is 1. The molecule has 0 radical (unpaired) electrons. The standard InChI is InChI=1S/C16H12FN3OS/c1-10-14(15(21)20-12-7-5-11(17)6-8-12)22-16(19-10)13-4-2-3-9-18-13/h2-9H,1H3,(H,20,21). The third-order valence-corrected chi connectivity index (χ3v) is 4.17. The summed E-state index contributed by atoms with van der Waals surface area (Å²) in [5.74, 6) is -0.604. The maximum atomic E-state index is 12.9. The number of carbonyl (C=O) groups excluding carboxylic acids is 1. The van der Waals surface area contributed by atoms with Crippen LogP contribution < -0.4 is 5.32 Å². The second kappa shape index (κ2) is 6.03. The van der Waals surface area contributed by atoms with Crippen LogP contribution in [0.3, 0.4) is 0 Å². The van der Waals surface area contributed by atoms with E-state index in [2.05, 4.69) is 15.3 Å². The van der Waals surface area contributed by atoms with Gasteiger partial charge in [-0.15, -0.1) is 11.3 Å². The minimum atomic E-state index is -0.343. The van der Waals surface area contributed by atoms with Crippen LogP contribution in [-0.4, -0.2) is 15.9 Å². The van der Waals surface area contributed by atoms with Crippen LogP contribution in [0.4, 0.5) is 10.1 Å². The Hall–Kier alpha value is -2.60. The molecule has 0 fully saturated rings. The summed E-state index contributed by atoms with van der Waals surface area (Å²) in [6, 6.07) is 11.2. The molecule has 0 saturated heterocycles. The third kappa shape index (κ3) is 3.01. The number of thiazole rings is 1. The van der Waals surface area contributed by atoms with Crippen LogP contribution >= 0.6 is 11.3 Å². The van der Waals surface area contributed by atoms with Crippen molar-refractivity contribution in [2.75, 3.05) is 5.32 Å². The lowest BCUT2D eigenvalue weighted by molar-refractivity contribution is 0.103. The third-order valence-electron chi connectivity index (χ3n) is 2.99. The number of halogens is 1. The molecule has 2 aromatic heterocycles. The SMILES string of the molecule is Cc1nc(-c2ccccn2)sc1C(=O)Nc1ccc(F)cc1. The summed E-state index contributed by atoms with van der Waals surface area (Å²) in [5.41, 5.74) is 1.92. The number of benzene rings is 1. The summed E-state index contributed by atoms with van der Waals surface area (Å²) < 4.78 is 12.9. The van der Waals surface area contributed by atoms with E-state index in [1.165, 1.54) is 35.6 Å². The number of amides is 1. The van der Waals surface area contributed by atoms with E-state index in [1.54, 1.807) is 13.1 Å². The first-order chi connectivity index (χ1) is 10.6. The number of pyridine rings is 1. The van der Waals surface area contributed by atoms with Gasteiger partial charge in [0.25, 0.3) is 5.91 Å². The fourth-order valence-corrected chi connectivity index (χ4v) is 2.87. The molecule has 0 bridgehead atoms. The minimum absolute atomic E-state index is 0.260. The molecule has 1 aromatic carbocycles. The van der Waals surface area contributed by atoms with E-state index in [-0.39, 0.29) is 11.7 Å². The van der Waals surface area contributed by atoms with E-state index in [0.29, 0.717) is 21.3 Å². The molecular weight excluding hydrogens is 301 g/mol. The zero-order valence-electron chi connectivity index (χ0n) is 11.7. The molecule has 0 aliphatic carbocycles. The maximum Gasteiger partial charge on any atom is 0.267 e. The van der Waals surface area contributed by atoms with Crippen molar-refractivity contribution in [3.05, 3.63) is 65.0 Å². The molecule has 0 aliphatic rings. The van der Waals surface area contributed by atoms with Crippen LogP contribution in [0.5, 0.6) is 0 Å². The van der Waals surface area contributed by atoms with Crippen molar-refractivity contribution < 1.29 is 9.18 Å². The van der Waals surface area contributed by atoms with E-state index in [1.807, 2.05) is 18.2 Å². The first-order valence-electron chi connectivity index (χ1n) is 6.59. The summed E-state index contributed by atoms with van der Waals surface area (Å²) in [4.78, 5) is 21.5. The highest BCUT2D eigenvalue weighted by molar-refractivity contribution is 7.17. The molecule has 110 valence electrons. The molecule has 0 saturated carbocycles. The van der Waals surface area contributed by atoms with Crippen LogP contribution in [0, 0.1) is 12.7 Å². The second-order valence-electron chi connectivity index (χ2n) is 4.61. The van der Waals surface area contributed by atoms with Crippen LogP contribution in [-0.2, 0) is 0 Å². The van der Waals surface area contributed by atoms with Crippen LogP contribution in [0.2, 0.25) is 0 Å². The van der Waals surface area contributed by atoms with Crippen molar-refractivity contribution in [2.24, 2.45) is 0 Å². The summed E-state index contributed by atoms with van der Waals surface area (Å²) in [5, 5.41) is 3.43. The number of aromatic nitrogens is 2. The summed E-state index contributed by atoms with van der Waals surface area (Å²) in [7, 11) is 0. The van der Waals surface area contributed by atoms with Gasteiger partial charge in [-0.1, -0.05) is 6.07 Å². The van der Waals surface area contributed by atoms with Gasteiger partial charge in [0, 0.05) is 11.9 Å². The summed E-state index contributed by atoms with van der Waals surface area (Å²) in [6.07, 6.45) is 1.68. The number of nitrogens with zero attached hydrogens (tertiary/aromatic N) is 2. The Balaban J connectivity index is 1.84. The van der Waals surface area contributed by atoms with Gasteiger partial charge < -0.3 is 5.32 Å². The first-order valence-corrected chi connectivity index (χ1v) is 7.41. The Morgan fingerprint density at radius 2 is 1.95 bits per heavy atom. The topological polar surface area (TPSA) is 54.9 Å². The molecule has 3 rings (SSSR count). The largest absolute Gasteiger partial charge is 0.321 e. The van der Waals surface area contributed by atoms with Gasteiger partial charge in [-0.25, -0.2) is 9.37 Å². The zero-order valence-corrected chi connectivity index (χ0v) is 12.5. The van der Waals surface area contributed by atoms with Gasteiger partial charge in [-0.2, -0.15) is 0 Å². The lowest BCUT2D eigenvalue weighted by Gasteiger charge is -2.03. The number of hydrogen-bond donors (Lipinski definition) is 1. The molecule has 0 spiro atoms. The van der Waals surface area contributed by atoms with Gasteiger partial charge >= 0.3 is 0 Å². The van der Waals surface area contributed by atoms with Crippen molar-refractivity contribution >= 4 is 22.9 Å². The zero-order chi connectivity index (χ0) is 15.5. The van der Waals surface area contributed by atoms with Crippen molar-refractivity contribution in [2.45, 2.75) is 6.92 Å². The molecule has 0 atom stereocenters. The van der Waals surface area contributed by atoms with E-state index in [9.17, 15) is 9.18 Å². The lowest BCUT2D eigenvalue weighted by atomic mass is 10.3. The second-order valence-corrected chi connectivity index (χ2v) is 5.61. The molecule has 0 unspecified atom stereocenters. The van der Waals surface area contributed by atoms with Gasteiger partial charge in [0.2, 0.25) is 0 Å². The fraction of sp³-hybridized carbons (Fsp3) is 0.0625. The van der Waals surface area contributed by atoms with E-state index < -0.39 is 0 Å². The van der Waals surface area contributed by atoms with Gasteiger partial charge in [0.15, 0.2) is 0 Å². The molecule has 4 nitrogen and oxygen atoms in total. The Morgan fingerprint density at radius 1 is 1.18 bits per heavy atom. The van der Waals surface area contributed by atoms with Crippen LogP contribution in [0.25, 0.3) is 10.7 Å². The van der Waals surface area contributed by atoms with E-state index >= 15 is 0 Å². The van der Waals surface area contributed by atoms with Gasteiger partial charge in [0.1, 0.15) is 15.7 Å². The highest BCUT2D eigenvalue weighted by atomic mass is 32.1. The molecule has 22 heavy (non-hydrogen) atoms. The van der Waals surface area contributed by atoms with Crippen molar-refractivity contribution in [1.82, 2.24) is 9.97 Å². The number of carbonyl (C=O) groups is 1. The monoisotopic (exact) mass is 313 g/mol. The van der Waals surface area contributed by atoms with Crippen molar-refractivity contribution in [3.63, 3.8) is 0 Å². The van der Waals surface area contributed by atoms with Gasteiger partial charge in [0.05, 0.1) is 11.4 Å². The molecular formula is C16H12FN3OS. The number of rotatable bonds is 3. The molecule has 6 heteroatoms. The average molecular weight is 313 g/mol. The van der Waals surface area contributed by atoms with Crippen molar-refractivity contribution in [3.8, 4) is 10.7 Å².